The average Bonchev–Trinajstić information content (AvgIpc) is 3.45. The smallest absolute Gasteiger partial charge is 0.306 e. The highest BCUT2D eigenvalue weighted by atomic mass is 16.6. The van der Waals surface area contributed by atoms with E-state index in [0.717, 1.165) is 64.2 Å². The molecule has 0 amide bonds. The van der Waals surface area contributed by atoms with Gasteiger partial charge in [-0.2, -0.15) is 0 Å². The van der Waals surface area contributed by atoms with Gasteiger partial charge in [0.05, 0.1) is 0 Å². The van der Waals surface area contributed by atoms with Crippen molar-refractivity contribution in [3.63, 3.8) is 0 Å². The molecule has 0 aromatic carbocycles. The molecule has 0 spiro atoms. The van der Waals surface area contributed by atoms with E-state index < -0.39 is 6.10 Å². The zero-order valence-electron chi connectivity index (χ0n) is 53.2. The van der Waals surface area contributed by atoms with Crippen LogP contribution in [0.3, 0.4) is 0 Å². The van der Waals surface area contributed by atoms with E-state index >= 15 is 0 Å². The second kappa shape index (κ2) is 67.9. The van der Waals surface area contributed by atoms with E-state index in [1.54, 1.807) is 0 Å². The minimum Gasteiger partial charge on any atom is -0.462 e. The molecule has 462 valence electrons. The van der Waals surface area contributed by atoms with Gasteiger partial charge in [-0.05, 0) is 103 Å². The lowest BCUT2D eigenvalue weighted by Crippen LogP contribution is -2.30. The fraction of sp³-hybridized carbons (Fsp3) is 0.849. The number of esters is 3. The van der Waals surface area contributed by atoms with E-state index in [1.165, 1.54) is 276 Å². The van der Waals surface area contributed by atoms with Crippen molar-refractivity contribution in [2.24, 2.45) is 0 Å². The van der Waals surface area contributed by atoms with Crippen molar-refractivity contribution in [3.8, 4) is 0 Å². The van der Waals surface area contributed by atoms with Crippen LogP contribution in [-0.2, 0) is 28.6 Å². The Balaban J connectivity index is 4.35. The number of carbonyl (C=O) groups is 3. The molecule has 0 saturated carbocycles. The maximum Gasteiger partial charge on any atom is 0.306 e. The van der Waals surface area contributed by atoms with Crippen LogP contribution in [0.5, 0.6) is 0 Å². The van der Waals surface area contributed by atoms with E-state index in [0.29, 0.717) is 19.3 Å². The molecule has 0 fully saturated rings. The summed E-state index contributed by atoms with van der Waals surface area (Å²) in [4.78, 5) is 38.5. The van der Waals surface area contributed by atoms with Crippen LogP contribution in [-0.4, -0.2) is 37.2 Å². The van der Waals surface area contributed by atoms with Gasteiger partial charge < -0.3 is 14.2 Å². The van der Waals surface area contributed by atoms with E-state index in [2.05, 4.69) is 69.4 Å². The Labute approximate surface area is 492 Å². The van der Waals surface area contributed by atoms with Crippen molar-refractivity contribution < 1.29 is 28.6 Å². The van der Waals surface area contributed by atoms with Gasteiger partial charge >= 0.3 is 17.9 Å². The number of carbonyl (C=O) groups excluding carboxylic acids is 3. The van der Waals surface area contributed by atoms with Crippen molar-refractivity contribution in [1.29, 1.82) is 0 Å². The normalized spacial score (nSPS) is 12.3. The van der Waals surface area contributed by atoms with Crippen molar-refractivity contribution in [2.75, 3.05) is 13.2 Å². The standard InChI is InChI=1S/C73H134O6/c1-4-7-10-13-16-19-22-25-28-31-34-36-39-42-45-48-51-54-57-60-63-66-72(75)78-69-70(68-77-71(74)65-62-59-56-53-50-47-44-41-38-33-30-27-24-21-18-15-12-9-6-3)79-73(76)67-64-61-58-55-52-49-46-43-40-37-35-32-29-26-23-20-17-14-11-8-5-2/h22,25,27,30-32,34-35,70H,4-21,23-24,26,28-29,33,36-69H2,1-3H3/b25-22-,30-27-,34-31-,35-32-. The minimum absolute atomic E-state index is 0.0734. The third-order valence-electron chi connectivity index (χ3n) is 15.8. The molecule has 6 heteroatoms. The molecule has 0 aliphatic rings. The molecule has 1 unspecified atom stereocenters. The fourth-order valence-electron chi connectivity index (χ4n) is 10.5. The number of unbranched alkanes of at least 4 members (excludes halogenated alkanes) is 46. The molecule has 0 radical (unpaired) electrons. The van der Waals surface area contributed by atoms with E-state index in [1.807, 2.05) is 0 Å². The molecular weight excluding hydrogens is 973 g/mol. The Hall–Kier alpha value is -2.63. The Morgan fingerprint density at radius 1 is 0.253 bits per heavy atom. The van der Waals surface area contributed by atoms with Crippen LogP contribution in [0.4, 0.5) is 0 Å². The first-order valence-corrected chi connectivity index (χ1v) is 35.1. The maximum atomic E-state index is 13.0. The number of allylic oxidation sites excluding steroid dienone is 8. The third kappa shape index (κ3) is 66.1. The minimum atomic E-state index is -0.778. The largest absolute Gasteiger partial charge is 0.462 e. The van der Waals surface area contributed by atoms with Gasteiger partial charge in [0.15, 0.2) is 6.10 Å². The number of hydrogen-bond donors (Lipinski definition) is 0. The summed E-state index contributed by atoms with van der Waals surface area (Å²) in [6.07, 6.45) is 85.5. The Morgan fingerprint density at radius 2 is 0.456 bits per heavy atom. The maximum absolute atomic E-state index is 13.0. The lowest BCUT2D eigenvalue weighted by molar-refractivity contribution is -0.167. The van der Waals surface area contributed by atoms with Crippen molar-refractivity contribution in [3.05, 3.63) is 48.6 Å². The van der Waals surface area contributed by atoms with Gasteiger partial charge in [0, 0.05) is 19.3 Å². The van der Waals surface area contributed by atoms with Crippen LogP contribution in [0.25, 0.3) is 0 Å². The van der Waals surface area contributed by atoms with Gasteiger partial charge in [0.25, 0.3) is 0 Å². The van der Waals surface area contributed by atoms with E-state index in [4.69, 9.17) is 14.2 Å². The molecule has 0 aromatic rings. The highest BCUT2D eigenvalue weighted by molar-refractivity contribution is 5.71. The van der Waals surface area contributed by atoms with Crippen molar-refractivity contribution in [2.45, 2.75) is 386 Å². The van der Waals surface area contributed by atoms with E-state index in [-0.39, 0.29) is 31.1 Å². The van der Waals surface area contributed by atoms with Gasteiger partial charge in [-0.1, -0.05) is 307 Å². The lowest BCUT2D eigenvalue weighted by Gasteiger charge is -2.18. The summed E-state index contributed by atoms with van der Waals surface area (Å²) >= 11 is 0. The monoisotopic (exact) mass is 1110 g/mol. The van der Waals surface area contributed by atoms with Crippen molar-refractivity contribution in [1.82, 2.24) is 0 Å². The summed E-state index contributed by atoms with van der Waals surface area (Å²) in [5, 5.41) is 0. The molecular formula is C73H134O6. The zero-order valence-corrected chi connectivity index (χ0v) is 53.2. The third-order valence-corrected chi connectivity index (χ3v) is 15.8. The van der Waals surface area contributed by atoms with E-state index in [9.17, 15) is 14.4 Å². The molecule has 0 heterocycles. The van der Waals surface area contributed by atoms with Crippen LogP contribution in [0.1, 0.15) is 380 Å². The summed E-state index contributed by atoms with van der Waals surface area (Å²) in [5.74, 6) is -0.856. The molecule has 1 atom stereocenters. The highest BCUT2D eigenvalue weighted by Crippen LogP contribution is 2.17. The molecule has 0 N–H and O–H groups in total. The first kappa shape index (κ1) is 76.4. The quantitative estimate of drug-likeness (QED) is 0.0261. The van der Waals surface area contributed by atoms with Crippen LogP contribution in [0.15, 0.2) is 48.6 Å². The summed E-state index contributed by atoms with van der Waals surface area (Å²) in [5.41, 5.74) is 0. The average molecular weight is 1110 g/mol. The van der Waals surface area contributed by atoms with Gasteiger partial charge in [0.1, 0.15) is 13.2 Å². The Bertz CT molecular complexity index is 1360. The Morgan fingerprint density at radius 3 is 0.709 bits per heavy atom. The van der Waals surface area contributed by atoms with Gasteiger partial charge in [-0.25, -0.2) is 0 Å². The summed E-state index contributed by atoms with van der Waals surface area (Å²) in [6.45, 7) is 6.69. The summed E-state index contributed by atoms with van der Waals surface area (Å²) in [7, 11) is 0. The number of hydrogen-bond acceptors (Lipinski definition) is 6. The molecule has 0 aromatic heterocycles. The van der Waals surface area contributed by atoms with Crippen LogP contribution >= 0.6 is 0 Å². The lowest BCUT2D eigenvalue weighted by atomic mass is 10.1. The van der Waals surface area contributed by atoms with Gasteiger partial charge in [-0.3, -0.25) is 14.4 Å². The molecule has 0 saturated heterocycles. The first-order chi connectivity index (χ1) is 39.0. The number of rotatable bonds is 65. The first-order valence-electron chi connectivity index (χ1n) is 35.1. The van der Waals surface area contributed by atoms with Gasteiger partial charge in [0.2, 0.25) is 0 Å². The Kier molecular flexibility index (Phi) is 65.6. The molecule has 79 heavy (non-hydrogen) atoms. The van der Waals surface area contributed by atoms with Crippen LogP contribution < -0.4 is 0 Å². The zero-order chi connectivity index (χ0) is 57.1. The predicted molar refractivity (Wildman–Crippen MR) is 344 cm³/mol. The topological polar surface area (TPSA) is 78.9 Å². The van der Waals surface area contributed by atoms with Crippen LogP contribution in [0, 0.1) is 0 Å². The molecule has 0 aliphatic carbocycles. The predicted octanol–water partition coefficient (Wildman–Crippen LogP) is 24.1. The second-order valence-electron chi connectivity index (χ2n) is 23.8. The summed E-state index contributed by atoms with van der Waals surface area (Å²) < 4.78 is 17.0. The summed E-state index contributed by atoms with van der Waals surface area (Å²) in [6, 6.07) is 0. The highest BCUT2D eigenvalue weighted by Gasteiger charge is 2.19. The molecule has 0 rings (SSSR count). The van der Waals surface area contributed by atoms with Crippen molar-refractivity contribution >= 4 is 17.9 Å². The molecule has 0 bridgehead atoms. The second-order valence-corrected chi connectivity index (χ2v) is 23.8. The fourth-order valence-corrected chi connectivity index (χ4v) is 10.5. The van der Waals surface area contributed by atoms with Gasteiger partial charge in [-0.15, -0.1) is 0 Å². The molecule has 0 aliphatic heterocycles. The molecule has 6 nitrogen and oxygen atoms in total. The SMILES string of the molecule is CCCCCCC/C=C\C/C=C\CCCCCCCCCCCC(=O)OCC(COC(=O)CCCCCCCCCCC/C=C\CCCCCCCC)OC(=O)CCCCCCCCCCC/C=C\CCCCCCCCCC. The van der Waals surface area contributed by atoms with Crippen LogP contribution in [0.2, 0.25) is 0 Å². The number of ether oxygens (including phenoxy) is 3.